The summed E-state index contributed by atoms with van der Waals surface area (Å²) in [6.45, 7) is 1.67. The number of halogens is 1. The minimum atomic E-state index is -0.355. The summed E-state index contributed by atoms with van der Waals surface area (Å²) in [6.07, 6.45) is 0. The zero-order chi connectivity index (χ0) is 14.8. The summed E-state index contributed by atoms with van der Waals surface area (Å²) < 4.78 is 19.1. The summed E-state index contributed by atoms with van der Waals surface area (Å²) in [5.41, 5.74) is 1.57. The summed E-state index contributed by atoms with van der Waals surface area (Å²) >= 11 is 0. The monoisotopic (exact) mass is 278 g/mol. The lowest BCUT2D eigenvalue weighted by molar-refractivity contribution is 0.458. The van der Waals surface area contributed by atoms with E-state index in [-0.39, 0.29) is 11.7 Å². The number of rotatable bonds is 2. The SMILES string of the molecule is Cc1ccc(Oc2nc3ccccc3cc2C#N)cc1F. The Labute approximate surface area is 121 Å². The molecule has 3 aromatic rings. The predicted octanol–water partition coefficient (Wildman–Crippen LogP) is 4.35. The average Bonchev–Trinajstić information content (AvgIpc) is 2.50. The zero-order valence-corrected chi connectivity index (χ0v) is 11.3. The fourth-order valence-corrected chi connectivity index (χ4v) is 2.00. The highest BCUT2D eigenvalue weighted by Crippen LogP contribution is 2.27. The summed E-state index contributed by atoms with van der Waals surface area (Å²) in [7, 11) is 0. The van der Waals surface area contributed by atoms with Gasteiger partial charge in [-0.15, -0.1) is 0 Å². The molecular formula is C17H11FN2O. The Bertz CT molecular complexity index is 868. The van der Waals surface area contributed by atoms with E-state index in [1.54, 1.807) is 25.1 Å². The van der Waals surface area contributed by atoms with Crippen LogP contribution in [0.1, 0.15) is 11.1 Å². The Morgan fingerprint density at radius 3 is 2.71 bits per heavy atom. The van der Waals surface area contributed by atoms with Crippen LogP contribution in [-0.4, -0.2) is 4.98 Å². The van der Waals surface area contributed by atoms with E-state index in [0.29, 0.717) is 16.9 Å². The first kappa shape index (κ1) is 13.1. The predicted molar refractivity (Wildman–Crippen MR) is 77.7 cm³/mol. The van der Waals surface area contributed by atoms with Crippen molar-refractivity contribution in [3.05, 3.63) is 65.5 Å². The molecule has 2 aromatic carbocycles. The first-order valence-electron chi connectivity index (χ1n) is 6.41. The molecule has 0 bridgehead atoms. The number of para-hydroxylation sites is 1. The summed E-state index contributed by atoms with van der Waals surface area (Å²) in [5, 5.41) is 10.1. The lowest BCUT2D eigenvalue weighted by Gasteiger charge is -2.08. The molecule has 1 heterocycles. The summed E-state index contributed by atoms with van der Waals surface area (Å²) in [4.78, 5) is 4.33. The third-order valence-corrected chi connectivity index (χ3v) is 3.17. The molecule has 0 spiro atoms. The number of hydrogen-bond donors (Lipinski definition) is 0. The minimum absolute atomic E-state index is 0.180. The van der Waals surface area contributed by atoms with Gasteiger partial charge in [0.25, 0.3) is 0 Å². The first-order chi connectivity index (χ1) is 10.2. The Hall–Kier alpha value is -2.93. The third-order valence-electron chi connectivity index (χ3n) is 3.17. The molecule has 0 radical (unpaired) electrons. The van der Waals surface area contributed by atoms with E-state index in [4.69, 9.17) is 4.74 Å². The Morgan fingerprint density at radius 1 is 1.14 bits per heavy atom. The van der Waals surface area contributed by atoms with Crippen molar-refractivity contribution in [3.8, 4) is 17.7 Å². The van der Waals surface area contributed by atoms with Crippen molar-refractivity contribution in [3.63, 3.8) is 0 Å². The minimum Gasteiger partial charge on any atom is -0.438 e. The third kappa shape index (κ3) is 2.54. The normalized spacial score (nSPS) is 10.3. The molecule has 0 amide bonds. The standard InChI is InChI=1S/C17H11FN2O/c1-11-6-7-14(9-15(11)18)21-17-13(10-19)8-12-4-2-3-5-16(12)20-17/h2-9H,1H3. The number of benzene rings is 2. The average molecular weight is 278 g/mol. The molecule has 0 aliphatic rings. The molecule has 0 aliphatic heterocycles. The van der Waals surface area contributed by atoms with E-state index in [1.165, 1.54) is 6.07 Å². The van der Waals surface area contributed by atoms with Crippen molar-refractivity contribution in [1.29, 1.82) is 5.26 Å². The molecule has 0 fully saturated rings. The number of ether oxygens (including phenoxy) is 1. The Morgan fingerprint density at radius 2 is 1.95 bits per heavy atom. The molecule has 21 heavy (non-hydrogen) atoms. The van der Waals surface area contributed by atoms with Crippen LogP contribution in [0.25, 0.3) is 10.9 Å². The fraction of sp³-hybridized carbons (Fsp3) is 0.0588. The number of nitriles is 1. The van der Waals surface area contributed by atoms with Crippen LogP contribution in [0.15, 0.2) is 48.5 Å². The van der Waals surface area contributed by atoms with Crippen molar-refractivity contribution in [2.45, 2.75) is 6.92 Å². The Balaban J connectivity index is 2.06. The number of hydrogen-bond acceptors (Lipinski definition) is 3. The maximum atomic E-state index is 13.6. The lowest BCUT2D eigenvalue weighted by Crippen LogP contribution is -1.94. The highest BCUT2D eigenvalue weighted by molar-refractivity contribution is 5.81. The van der Waals surface area contributed by atoms with Gasteiger partial charge in [-0.05, 0) is 30.7 Å². The molecule has 0 N–H and O–H groups in total. The van der Waals surface area contributed by atoms with Crippen LogP contribution in [0.2, 0.25) is 0 Å². The van der Waals surface area contributed by atoms with Crippen LogP contribution < -0.4 is 4.74 Å². The fourth-order valence-electron chi connectivity index (χ4n) is 2.00. The van der Waals surface area contributed by atoms with Crippen LogP contribution in [-0.2, 0) is 0 Å². The molecular weight excluding hydrogens is 267 g/mol. The summed E-state index contributed by atoms with van der Waals surface area (Å²) in [5.74, 6) is 0.142. The number of fused-ring (bicyclic) bond motifs is 1. The van der Waals surface area contributed by atoms with Gasteiger partial charge in [0, 0.05) is 11.5 Å². The number of nitrogens with zero attached hydrogens (tertiary/aromatic N) is 2. The van der Waals surface area contributed by atoms with E-state index in [9.17, 15) is 9.65 Å². The molecule has 0 saturated carbocycles. The molecule has 3 nitrogen and oxygen atoms in total. The lowest BCUT2D eigenvalue weighted by atomic mass is 10.1. The Kier molecular flexibility index (Phi) is 3.25. The van der Waals surface area contributed by atoms with Crippen molar-refractivity contribution in [1.82, 2.24) is 4.98 Å². The smallest absolute Gasteiger partial charge is 0.237 e. The second-order valence-electron chi connectivity index (χ2n) is 4.66. The van der Waals surface area contributed by atoms with Crippen molar-refractivity contribution < 1.29 is 9.13 Å². The van der Waals surface area contributed by atoms with Crippen molar-refractivity contribution in [2.75, 3.05) is 0 Å². The quantitative estimate of drug-likeness (QED) is 0.700. The number of aryl methyl sites for hydroxylation is 1. The van der Waals surface area contributed by atoms with Gasteiger partial charge in [-0.25, -0.2) is 9.37 Å². The van der Waals surface area contributed by atoms with Gasteiger partial charge in [0.05, 0.1) is 5.52 Å². The molecule has 3 rings (SSSR count). The van der Waals surface area contributed by atoms with Gasteiger partial charge < -0.3 is 4.74 Å². The molecule has 0 aliphatic carbocycles. The van der Waals surface area contributed by atoms with Gasteiger partial charge in [0.2, 0.25) is 5.88 Å². The van der Waals surface area contributed by atoms with Crippen LogP contribution >= 0.6 is 0 Å². The molecule has 4 heteroatoms. The van der Waals surface area contributed by atoms with Gasteiger partial charge in [0.1, 0.15) is 23.2 Å². The van der Waals surface area contributed by atoms with Gasteiger partial charge in [0.15, 0.2) is 0 Å². The number of pyridine rings is 1. The van der Waals surface area contributed by atoms with E-state index >= 15 is 0 Å². The molecule has 1 aromatic heterocycles. The molecule has 0 atom stereocenters. The van der Waals surface area contributed by atoms with Gasteiger partial charge in [-0.1, -0.05) is 24.3 Å². The molecule has 0 unspecified atom stereocenters. The van der Waals surface area contributed by atoms with Crippen molar-refractivity contribution in [2.24, 2.45) is 0 Å². The van der Waals surface area contributed by atoms with Gasteiger partial charge in [-0.2, -0.15) is 5.26 Å². The van der Waals surface area contributed by atoms with Crippen LogP contribution in [0.5, 0.6) is 11.6 Å². The van der Waals surface area contributed by atoms with E-state index in [0.717, 1.165) is 10.9 Å². The van der Waals surface area contributed by atoms with Crippen LogP contribution in [0.3, 0.4) is 0 Å². The topological polar surface area (TPSA) is 45.9 Å². The van der Waals surface area contributed by atoms with Gasteiger partial charge >= 0.3 is 0 Å². The van der Waals surface area contributed by atoms with Crippen LogP contribution in [0, 0.1) is 24.1 Å². The van der Waals surface area contributed by atoms with E-state index < -0.39 is 0 Å². The molecule has 0 saturated heterocycles. The zero-order valence-electron chi connectivity index (χ0n) is 11.3. The van der Waals surface area contributed by atoms with Gasteiger partial charge in [-0.3, -0.25) is 0 Å². The summed E-state index contributed by atoms with van der Waals surface area (Å²) in [6, 6.07) is 15.8. The maximum Gasteiger partial charge on any atom is 0.237 e. The highest BCUT2D eigenvalue weighted by Gasteiger charge is 2.10. The highest BCUT2D eigenvalue weighted by atomic mass is 19.1. The largest absolute Gasteiger partial charge is 0.438 e. The maximum absolute atomic E-state index is 13.6. The first-order valence-corrected chi connectivity index (χ1v) is 6.41. The van der Waals surface area contributed by atoms with Crippen molar-refractivity contribution >= 4 is 10.9 Å². The van der Waals surface area contributed by atoms with E-state index in [1.807, 2.05) is 24.3 Å². The second kappa shape index (κ2) is 5.22. The molecule has 102 valence electrons. The van der Waals surface area contributed by atoms with Crippen LogP contribution in [0.4, 0.5) is 4.39 Å². The van der Waals surface area contributed by atoms with E-state index in [2.05, 4.69) is 11.1 Å². The second-order valence-corrected chi connectivity index (χ2v) is 4.66. The number of aromatic nitrogens is 1.